The maximum absolute atomic E-state index is 12.9. The Balaban J connectivity index is 1.78. The van der Waals surface area contributed by atoms with Gasteiger partial charge in [-0.3, -0.25) is 4.79 Å². The Labute approximate surface area is 181 Å². The molecule has 1 amide bonds. The van der Waals surface area contributed by atoms with Gasteiger partial charge in [-0.05, 0) is 73.6 Å². The molecule has 31 heavy (non-hydrogen) atoms. The lowest BCUT2D eigenvalue weighted by molar-refractivity contribution is -0.122. The van der Waals surface area contributed by atoms with Crippen LogP contribution in [0.2, 0.25) is 0 Å². The zero-order chi connectivity index (χ0) is 22.4. The quantitative estimate of drug-likeness (QED) is 0.676. The van der Waals surface area contributed by atoms with Gasteiger partial charge in [-0.2, -0.15) is 0 Å². The van der Waals surface area contributed by atoms with Gasteiger partial charge in [0.15, 0.2) is 6.10 Å². The number of fused-ring (bicyclic) bond motifs is 1. The molecule has 1 aliphatic carbocycles. The molecule has 0 bridgehead atoms. The van der Waals surface area contributed by atoms with Crippen LogP contribution in [-0.4, -0.2) is 38.2 Å². The number of hydrogen-bond acceptors (Lipinski definition) is 6. The van der Waals surface area contributed by atoms with Gasteiger partial charge < -0.3 is 19.5 Å². The number of nitrogens with one attached hydrogen (secondary N) is 1. The molecule has 0 saturated heterocycles. The number of anilines is 1. The Kier molecular flexibility index (Phi) is 7.28. The van der Waals surface area contributed by atoms with Gasteiger partial charge in [-0.1, -0.05) is 13.0 Å². The largest absolute Gasteiger partial charge is 0.481 e. The summed E-state index contributed by atoms with van der Waals surface area (Å²) in [6, 6.07) is 10.2. The number of methoxy groups -OCH3 is 2. The SMILES string of the molecule is CC[C@@H](Oc1ccc2c(c1)CCCC2)C(=O)Nc1cc(C(=O)OC)cc(C(=O)OC)c1. The second kappa shape index (κ2) is 10.1. The van der Waals surface area contributed by atoms with Crippen molar-refractivity contribution in [2.45, 2.75) is 45.1 Å². The van der Waals surface area contributed by atoms with E-state index in [-0.39, 0.29) is 22.7 Å². The van der Waals surface area contributed by atoms with Gasteiger partial charge >= 0.3 is 11.9 Å². The summed E-state index contributed by atoms with van der Waals surface area (Å²) >= 11 is 0. The highest BCUT2D eigenvalue weighted by Gasteiger charge is 2.21. The Bertz CT molecular complexity index is 950. The van der Waals surface area contributed by atoms with Crippen molar-refractivity contribution in [3.05, 3.63) is 58.7 Å². The lowest BCUT2D eigenvalue weighted by Gasteiger charge is -2.20. The highest BCUT2D eigenvalue weighted by Crippen LogP contribution is 2.26. The first kappa shape index (κ1) is 22.3. The van der Waals surface area contributed by atoms with Crippen LogP contribution < -0.4 is 10.1 Å². The molecule has 0 saturated carbocycles. The molecule has 1 atom stereocenters. The first-order chi connectivity index (χ1) is 14.9. The van der Waals surface area contributed by atoms with Gasteiger partial charge in [0.05, 0.1) is 25.3 Å². The number of amides is 1. The molecule has 0 spiro atoms. The van der Waals surface area contributed by atoms with Crippen LogP contribution >= 0.6 is 0 Å². The fourth-order valence-electron chi connectivity index (χ4n) is 3.66. The molecular weight excluding hydrogens is 398 g/mol. The number of benzene rings is 2. The minimum absolute atomic E-state index is 0.129. The molecule has 7 nitrogen and oxygen atoms in total. The van der Waals surface area contributed by atoms with Crippen LogP contribution in [0.3, 0.4) is 0 Å². The Morgan fingerprint density at radius 2 is 1.52 bits per heavy atom. The molecule has 0 radical (unpaired) electrons. The number of ether oxygens (including phenoxy) is 3. The van der Waals surface area contributed by atoms with Crippen molar-refractivity contribution in [1.82, 2.24) is 0 Å². The van der Waals surface area contributed by atoms with Crippen LogP contribution in [0, 0.1) is 0 Å². The Morgan fingerprint density at radius 3 is 2.10 bits per heavy atom. The smallest absolute Gasteiger partial charge is 0.337 e. The number of aryl methyl sites for hydroxylation is 2. The van der Waals surface area contributed by atoms with Crippen molar-refractivity contribution >= 4 is 23.5 Å². The number of carbonyl (C=O) groups excluding carboxylic acids is 3. The normalized spacial score (nSPS) is 13.5. The summed E-state index contributed by atoms with van der Waals surface area (Å²) in [5.41, 5.74) is 3.15. The average Bonchev–Trinajstić information content (AvgIpc) is 2.80. The molecule has 3 rings (SSSR count). The highest BCUT2D eigenvalue weighted by molar-refractivity contribution is 6.00. The molecule has 0 aliphatic heterocycles. The number of rotatable bonds is 7. The van der Waals surface area contributed by atoms with E-state index in [1.54, 1.807) is 0 Å². The van der Waals surface area contributed by atoms with Crippen LogP contribution in [0.1, 0.15) is 58.0 Å². The summed E-state index contributed by atoms with van der Waals surface area (Å²) in [7, 11) is 2.48. The Morgan fingerprint density at radius 1 is 0.903 bits per heavy atom. The average molecular weight is 425 g/mol. The van der Waals surface area contributed by atoms with Gasteiger partial charge in [0.25, 0.3) is 5.91 Å². The third-order valence-electron chi connectivity index (χ3n) is 5.30. The minimum Gasteiger partial charge on any atom is -0.481 e. The van der Waals surface area contributed by atoms with E-state index in [0.29, 0.717) is 12.2 Å². The lowest BCUT2D eigenvalue weighted by Crippen LogP contribution is -2.32. The topological polar surface area (TPSA) is 90.9 Å². The Hall–Kier alpha value is -3.35. The third kappa shape index (κ3) is 5.42. The van der Waals surface area contributed by atoms with Gasteiger partial charge in [-0.25, -0.2) is 9.59 Å². The fourth-order valence-corrected chi connectivity index (χ4v) is 3.66. The van der Waals surface area contributed by atoms with E-state index in [9.17, 15) is 14.4 Å². The molecule has 0 aromatic heterocycles. The molecule has 7 heteroatoms. The zero-order valence-corrected chi connectivity index (χ0v) is 18.0. The molecule has 2 aromatic carbocycles. The molecule has 0 unspecified atom stereocenters. The number of carbonyl (C=O) groups is 3. The van der Waals surface area contributed by atoms with Crippen LogP contribution in [0.4, 0.5) is 5.69 Å². The van der Waals surface area contributed by atoms with Gasteiger partial charge in [0.2, 0.25) is 0 Å². The van der Waals surface area contributed by atoms with Crippen LogP contribution in [-0.2, 0) is 27.1 Å². The molecule has 2 aromatic rings. The summed E-state index contributed by atoms with van der Waals surface area (Å²) in [6.07, 6.45) is 4.17. The summed E-state index contributed by atoms with van der Waals surface area (Å²) in [6.45, 7) is 1.85. The first-order valence-electron chi connectivity index (χ1n) is 10.4. The number of esters is 2. The van der Waals surface area contributed by atoms with Crippen molar-refractivity contribution in [3.63, 3.8) is 0 Å². The predicted octanol–water partition coefficient (Wildman–Crippen LogP) is 3.93. The van der Waals surface area contributed by atoms with Crippen molar-refractivity contribution in [2.24, 2.45) is 0 Å². The summed E-state index contributed by atoms with van der Waals surface area (Å²) in [5, 5.41) is 2.73. The van der Waals surface area contributed by atoms with E-state index in [0.717, 1.165) is 19.3 Å². The molecule has 1 N–H and O–H groups in total. The molecular formula is C24H27NO6. The van der Waals surface area contributed by atoms with Crippen molar-refractivity contribution < 1.29 is 28.6 Å². The summed E-state index contributed by atoms with van der Waals surface area (Å²) in [4.78, 5) is 36.8. The van der Waals surface area contributed by atoms with E-state index >= 15 is 0 Å². The van der Waals surface area contributed by atoms with Crippen LogP contribution in [0.15, 0.2) is 36.4 Å². The zero-order valence-electron chi connectivity index (χ0n) is 18.0. The third-order valence-corrected chi connectivity index (χ3v) is 5.30. The van der Waals surface area contributed by atoms with Crippen LogP contribution in [0.5, 0.6) is 5.75 Å². The highest BCUT2D eigenvalue weighted by atomic mass is 16.5. The monoisotopic (exact) mass is 425 g/mol. The molecule has 1 aliphatic rings. The molecule has 0 heterocycles. The van der Waals surface area contributed by atoms with E-state index in [1.165, 1.54) is 50.0 Å². The summed E-state index contributed by atoms with van der Waals surface area (Å²) < 4.78 is 15.4. The van der Waals surface area contributed by atoms with E-state index < -0.39 is 18.0 Å². The predicted molar refractivity (Wildman–Crippen MR) is 116 cm³/mol. The van der Waals surface area contributed by atoms with Crippen molar-refractivity contribution in [2.75, 3.05) is 19.5 Å². The van der Waals surface area contributed by atoms with E-state index in [1.807, 2.05) is 19.1 Å². The fraction of sp³-hybridized carbons (Fsp3) is 0.375. The minimum atomic E-state index is -0.731. The maximum atomic E-state index is 12.9. The van der Waals surface area contributed by atoms with E-state index in [2.05, 4.69) is 11.4 Å². The second-order valence-corrected chi connectivity index (χ2v) is 7.42. The number of hydrogen-bond donors (Lipinski definition) is 1. The summed E-state index contributed by atoms with van der Waals surface area (Å²) in [5.74, 6) is -0.975. The van der Waals surface area contributed by atoms with Crippen LogP contribution in [0.25, 0.3) is 0 Å². The van der Waals surface area contributed by atoms with Gasteiger partial charge in [-0.15, -0.1) is 0 Å². The maximum Gasteiger partial charge on any atom is 0.337 e. The molecule has 164 valence electrons. The second-order valence-electron chi connectivity index (χ2n) is 7.42. The standard InChI is InChI=1S/C24H27NO6/c1-4-21(31-20-10-9-15-7-5-6-8-16(15)14-20)22(26)25-19-12-17(23(27)29-2)11-18(13-19)24(28)30-3/h9-14,21H,4-8H2,1-3H3,(H,25,26)/t21-/m1/s1. The first-order valence-corrected chi connectivity index (χ1v) is 10.4. The van der Waals surface area contributed by atoms with Gasteiger partial charge in [0.1, 0.15) is 5.75 Å². The molecule has 0 fully saturated rings. The van der Waals surface area contributed by atoms with E-state index in [4.69, 9.17) is 14.2 Å². The van der Waals surface area contributed by atoms with Crippen molar-refractivity contribution in [3.8, 4) is 5.75 Å². The van der Waals surface area contributed by atoms with Gasteiger partial charge in [0, 0.05) is 5.69 Å². The van der Waals surface area contributed by atoms with Crippen molar-refractivity contribution in [1.29, 1.82) is 0 Å². The lowest BCUT2D eigenvalue weighted by atomic mass is 9.92.